The number of carbonyl (C=O) groups is 1. The molecule has 0 bridgehead atoms. The summed E-state index contributed by atoms with van der Waals surface area (Å²) in [5, 5.41) is 0. The zero-order valence-electron chi connectivity index (χ0n) is 15.3. The lowest BCUT2D eigenvalue weighted by Gasteiger charge is -2.33. The Morgan fingerprint density at radius 3 is 2.62 bits per heavy atom. The molecule has 1 saturated heterocycles. The molecule has 3 rings (SSSR count). The highest BCUT2D eigenvalue weighted by atomic mass is 16.5. The van der Waals surface area contributed by atoms with Crippen molar-refractivity contribution in [2.75, 3.05) is 42.3 Å². The van der Waals surface area contributed by atoms with Gasteiger partial charge < -0.3 is 20.3 Å². The molecule has 1 aliphatic heterocycles. The number of anilines is 4. The summed E-state index contributed by atoms with van der Waals surface area (Å²) < 4.78 is 5.13. The molecule has 2 aromatic rings. The van der Waals surface area contributed by atoms with Crippen LogP contribution in [0, 0.1) is 5.92 Å². The Labute approximate surface area is 153 Å². The minimum atomic E-state index is -0.104. The fourth-order valence-corrected chi connectivity index (χ4v) is 3.26. The Bertz CT molecular complexity index is 745. The monoisotopic (exact) mass is 355 g/mol. The van der Waals surface area contributed by atoms with Crippen LogP contribution in [-0.4, -0.2) is 42.7 Å². The van der Waals surface area contributed by atoms with E-state index in [9.17, 15) is 4.79 Å². The molecule has 1 aliphatic rings. The summed E-state index contributed by atoms with van der Waals surface area (Å²) >= 11 is 0. The van der Waals surface area contributed by atoms with Crippen LogP contribution in [0.15, 0.2) is 36.7 Å². The number of nitrogens with zero attached hydrogens (tertiary/aromatic N) is 4. The van der Waals surface area contributed by atoms with Gasteiger partial charge >= 0.3 is 5.97 Å². The van der Waals surface area contributed by atoms with Gasteiger partial charge in [0.25, 0.3) is 0 Å². The molecule has 1 fully saturated rings. The lowest BCUT2D eigenvalue weighted by molar-refractivity contribution is -0.148. The maximum absolute atomic E-state index is 11.9. The Morgan fingerprint density at radius 2 is 1.96 bits per heavy atom. The molecule has 0 atom stereocenters. The molecular weight excluding hydrogens is 330 g/mol. The van der Waals surface area contributed by atoms with E-state index in [0.29, 0.717) is 18.1 Å². The fourth-order valence-electron chi connectivity index (χ4n) is 3.26. The molecule has 0 spiro atoms. The highest BCUT2D eigenvalue weighted by molar-refractivity contribution is 5.79. The Morgan fingerprint density at radius 1 is 1.27 bits per heavy atom. The molecule has 138 valence electrons. The van der Waals surface area contributed by atoms with Gasteiger partial charge in [-0.2, -0.15) is 0 Å². The summed E-state index contributed by atoms with van der Waals surface area (Å²) in [6, 6.07) is 9.94. The Hall–Kier alpha value is -2.83. The standard InChI is InChI=1S/C19H25N5O2/c1-3-26-19(25)14-9-11-24(12-10-14)18-16(20)17(21-13-22-18)23(2)15-7-5-4-6-8-15/h4-8,13-14H,3,9-12,20H2,1-2H3. The number of rotatable bonds is 5. The number of hydrogen-bond donors (Lipinski definition) is 1. The van der Waals surface area contributed by atoms with Crippen molar-refractivity contribution in [2.24, 2.45) is 5.92 Å². The van der Waals surface area contributed by atoms with E-state index in [1.807, 2.05) is 49.2 Å². The minimum absolute atomic E-state index is 0.0410. The van der Waals surface area contributed by atoms with Crippen LogP contribution in [0.3, 0.4) is 0 Å². The van der Waals surface area contributed by atoms with E-state index >= 15 is 0 Å². The third-order valence-electron chi connectivity index (χ3n) is 4.72. The number of nitrogens with two attached hydrogens (primary N) is 1. The zero-order chi connectivity index (χ0) is 18.5. The van der Waals surface area contributed by atoms with Gasteiger partial charge in [-0.3, -0.25) is 4.79 Å². The molecule has 0 unspecified atom stereocenters. The molecule has 1 aromatic carbocycles. The number of nitrogen functional groups attached to an aromatic ring is 1. The first-order valence-corrected chi connectivity index (χ1v) is 8.92. The van der Waals surface area contributed by atoms with Gasteiger partial charge in [0.2, 0.25) is 0 Å². The van der Waals surface area contributed by atoms with Gasteiger partial charge in [0, 0.05) is 25.8 Å². The van der Waals surface area contributed by atoms with Crippen molar-refractivity contribution in [1.82, 2.24) is 9.97 Å². The van der Waals surface area contributed by atoms with Crippen LogP contribution < -0.4 is 15.5 Å². The third kappa shape index (κ3) is 3.71. The van der Waals surface area contributed by atoms with Crippen molar-refractivity contribution in [3.8, 4) is 0 Å². The minimum Gasteiger partial charge on any atom is -0.466 e. The zero-order valence-corrected chi connectivity index (χ0v) is 15.3. The molecule has 7 nitrogen and oxygen atoms in total. The summed E-state index contributed by atoms with van der Waals surface area (Å²) in [7, 11) is 1.94. The summed E-state index contributed by atoms with van der Waals surface area (Å²) in [4.78, 5) is 24.7. The predicted octanol–water partition coefficient (Wildman–Crippen LogP) is 2.61. The SMILES string of the molecule is CCOC(=O)C1CCN(c2ncnc(N(C)c3ccccc3)c2N)CC1. The smallest absolute Gasteiger partial charge is 0.309 e. The quantitative estimate of drug-likeness (QED) is 0.825. The Balaban J connectivity index is 1.75. The highest BCUT2D eigenvalue weighted by Gasteiger charge is 2.28. The molecule has 0 saturated carbocycles. The third-order valence-corrected chi connectivity index (χ3v) is 4.72. The van der Waals surface area contributed by atoms with Gasteiger partial charge in [-0.05, 0) is 31.9 Å². The fraction of sp³-hybridized carbons (Fsp3) is 0.421. The molecule has 26 heavy (non-hydrogen) atoms. The van der Waals surface area contributed by atoms with Crippen molar-refractivity contribution >= 4 is 29.0 Å². The average Bonchev–Trinajstić information content (AvgIpc) is 2.69. The first-order chi connectivity index (χ1) is 12.6. The number of para-hydroxylation sites is 1. The number of piperidine rings is 1. The number of ether oxygens (including phenoxy) is 1. The van der Waals surface area contributed by atoms with Crippen molar-refractivity contribution in [1.29, 1.82) is 0 Å². The number of carbonyl (C=O) groups excluding carboxylic acids is 1. The summed E-state index contributed by atoms with van der Waals surface area (Å²) in [5.74, 6) is 1.25. The molecule has 2 N–H and O–H groups in total. The summed E-state index contributed by atoms with van der Waals surface area (Å²) in [5.41, 5.74) is 7.95. The van der Waals surface area contributed by atoms with E-state index in [0.717, 1.165) is 37.4 Å². The molecule has 0 radical (unpaired) electrons. The normalized spacial score (nSPS) is 14.9. The van der Waals surface area contributed by atoms with Gasteiger partial charge in [-0.15, -0.1) is 0 Å². The average molecular weight is 355 g/mol. The van der Waals surface area contributed by atoms with E-state index in [4.69, 9.17) is 10.5 Å². The van der Waals surface area contributed by atoms with Gasteiger partial charge in [0.05, 0.1) is 12.5 Å². The van der Waals surface area contributed by atoms with Crippen molar-refractivity contribution in [3.05, 3.63) is 36.7 Å². The van der Waals surface area contributed by atoms with Crippen LogP contribution in [0.4, 0.5) is 23.0 Å². The van der Waals surface area contributed by atoms with E-state index in [1.165, 1.54) is 6.33 Å². The van der Waals surface area contributed by atoms with E-state index in [1.54, 1.807) is 0 Å². The Kier molecular flexibility index (Phi) is 5.55. The summed E-state index contributed by atoms with van der Waals surface area (Å²) in [6.07, 6.45) is 3.02. The lowest BCUT2D eigenvalue weighted by atomic mass is 9.97. The van der Waals surface area contributed by atoms with E-state index in [2.05, 4.69) is 14.9 Å². The van der Waals surface area contributed by atoms with E-state index in [-0.39, 0.29) is 11.9 Å². The van der Waals surface area contributed by atoms with Crippen LogP contribution in [0.1, 0.15) is 19.8 Å². The van der Waals surface area contributed by atoms with Gasteiger partial charge in [0.1, 0.15) is 12.0 Å². The molecule has 0 amide bonds. The van der Waals surface area contributed by atoms with Crippen molar-refractivity contribution in [3.63, 3.8) is 0 Å². The maximum atomic E-state index is 11.9. The second-order valence-corrected chi connectivity index (χ2v) is 6.34. The van der Waals surface area contributed by atoms with Gasteiger partial charge in [0.15, 0.2) is 11.6 Å². The molecule has 0 aliphatic carbocycles. The lowest BCUT2D eigenvalue weighted by Crippen LogP contribution is -2.38. The topological polar surface area (TPSA) is 84.6 Å². The molecule has 7 heteroatoms. The first kappa shape index (κ1) is 18.0. The predicted molar refractivity (Wildman–Crippen MR) is 103 cm³/mol. The molecule has 1 aromatic heterocycles. The second-order valence-electron chi connectivity index (χ2n) is 6.34. The summed E-state index contributed by atoms with van der Waals surface area (Å²) in [6.45, 7) is 3.70. The van der Waals surface area contributed by atoms with Gasteiger partial charge in [-0.1, -0.05) is 18.2 Å². The van der Waals surface area contributed by atoms with Gasteiger partial charge in [-0.25, -0.2) is 9.97 Å². The van der Waals surface area contributed by atoms with Crippen LogP contribution in [0.2, 0.25) is 0 Å². The molecular formula is C19H25N5O2. The maximum Gasteiger partial charge on any atom is 0.309 e. The number of benzene rings is 1. The molecule has 2 heterocycles. The largest absolute Gasteiger partial charge is 0.466 e. The number of aromatic nitrogens is 2. The highest BCUT2D eigenvalue weighted by Crippen LogP contribution is 2.34. The first-order valence-electron chi connectivity index (χ1n) is 8.92. The van der Waals surface area contributed by atoms with Crippen LogP contribution >= 0.6 is 0 Å². The number of hydrogen-bond acceptors (Lipinski definition) is 7. The van der Waals surface area contributed by atoms with Crippen LogP contribution in [0.25, 0.3) is 0 Å². The van der Waals surface area contributed by atoms with E-state index < -0.39 is 0 Å². The van der Waals surface area contributed by atoms with Crippen molar-refractivity contribution < 1.29 is 9.53 Å². The van der Waals surface area contributed by atoms with Crippen molar-refractivity contribution in [2.45, 2.75) is 19.8 Å². The van der Waals surface area contributed by atoms with Crippen LogP contribution in [-0.2, 0) is 9.53 Å². The van der Waals surface area contributed by atoms with Crippen LogP contribution in [0.5, 0.6) is 0 Å². The second kappa shape index (κ2) is 8.03. The number of esters is 1.